The Morgan fingerprint density at radius 3 is 1.10 bits per heavy atom. The summed E-state index contributed by atoms with van der Waals surface area (Å²) in [6.07, 6.45) is 47.6. The molecule has 0 spiro atoms. The van der Waals surface area contributed by atoms with Gasteiger partial charge in [-0.25, -0.2) is 72.2 Å². The number of nitrogens with one attached hydrogen (secondary N) is 4. The Bertz CT molecular complexity index is 4930. The van der Waals surface area contributed by atoms with Crippen molar-refractivity contribution < 1.29 is 18.3 Å². The van der Waals surface area contributed by atoms with Crippen LogP contribution in [0.25, 0.3) is 89.2 Å². The maximum atomic E-state index is 12.1. The minimum atomic E-state index is -3.45. The average molecular weight is 1410 g/mol. The van der Waals surface area contributed by atoms with Crippen LogP contribution in [0, 0.1) is 0 Å². The van der Waals surface area contributed by atoms with E-state index in [0.717, 1.165) is 104 Å². The minimum absolute atomic E-state index is 0.0652. The summed E-state index contributed by atoms with van der Waals surface area (Å²) in [5, 5.41) is 27.0. The van der Waals surface area contributed by atoms with E-state index < -0.39 is 10.0 Å². The van der Waals surface area contributed by atoms with Crippen molar-refractivity contribution in [1.29, 1.82) is 0 Å². The number of hydrogen-bond acceptors (Lipinski definition) is 21. The number of aromatic nitrogens is 16. The van der Waals surface area contributed by atoms with Gasteiger partial charge in [0.15, 0.2) is 5.65 Å². The lowest BCUT2D eigenvalue weighted by atomic mass is 9.96. The van der Waals surface area contributed by atoms with Crippen LogP contribution in [0.2, 0.25) is 0 Å². The molecule has 536 valence electrons. The summed E-state index contributed by atoms with van der Waals surface area (Å²) in [6.45, 7) is 4.01. The van der Waals surface area contributed by atoms with Crippen molar-refractivity contribution in [1.82, 2.24) is 82.4 Å². The highest BCUT2D eigenvalue weighted by Gasteiger charge is 2.23. The molecule has 25 nitrogen and oxygen atoms in total. The molecule has 0 aliphatic heterocycles. The van der Waals surface area contributed by atoms with Crippen LogP contribution in [0.15, 0.2) is 147 Å². The smallest absolute Gasteiger partial charge is 0.237 e. The molecule has 0 atom stereocenters. The average Bonchev–Trinajstić information content (AvgIpc) is 1.66. The van der Waals surface area contributed by atoms with Gasteiger partial charge in [0.1, 0.15) is 16.9 Å². The van der Waals surface area contributed by atoms with E-state index in [4.69, 9.17) is 9.97 Å². The summed E-state index contributed by atoms with van der Waals surface area (Å²) in [6, 6.07) is 25.0. The van der Waals surface area contributed by atoms with Crippen LogP contribution in [-0.2, 0) is 23.1 Å². The lowest BCUT2D eigenvalue weighted by molar-refractivity contribution is 0.0941. The number of pyridine rings is 4. The van der Waals surface area contributed by atoms with Crippen LogP contribution in [0.5, 0.6) is 0 Å². The molecule has 4 fully saturated rings. The Morgan fingerprint density at radius 2 is 0.748 bits per heavy atom. The first-order valence-electron chi connectivity index (χ1n) is 36.5. The number of anilines is 4. The summed E-state index contributed by atoms with van der Waals surface area (Å²) < 4.78 is 31.2. The Morgan fingerprint density at radius 1 is 0.427 bits per heavy atom. The topological polar surface area (TPSA) is 297 Å². The number of nitrogens with zero attached hydrogens (tertiary/aromatic N) is 17. The number of rotatable bonds is 18. The van der Waals surface area contributed by atoms with E-state index in [9.17, 15) is 18.3 Å². The first-order valence-corrected chi connectivity index (χ1v) is 38.3. The lowest BCUT2D eigenvalue weighted by Crippen LogP contribution is -2.23. The molecular weight excluding hydrogens is 1320 g/mol. The fourth-order valence-corrected chi connectivity index (χ4v) is 15.2. The number of aliphatic hydroxyl groups is 1. The van der Waals surface area contributed by atoms with Gasteiger partial charge >= 0.3 is 0 Å². The summed E-state index contributed by atoms with van der Waals surface area (Å²) in [4.78, 5) is 68.2. The van der Waals surface area contributed by atoms with Crippen molar-refractivity contribution in [3.63, 3.8) is 0 Å². The SMILES string of the molecule is CC(=O)n1cc(-c2ccnc(NC3CCCCC3)n2)c2cccnc21.CN(C)CCn1cc(-c2ccnc(NC3CCCCC3)n2)c2cccnc21.CS(=O)(=O)n1cc(-c2ccnc(NC3CCCCC3)n2)c2cccnc21.OCCn1cc(-c2ccnc(NC3CCCCC3)n2)c2cccnc21. The highest BCUT2D eigenvalue weighted by molar-refractivity contribution is 7.89. The predicted octanol–water partition coefficient (Wildman–Crippen LogP) is 14.0. The van der Waals surface area contributed by atoms with E-state index >= 15 is 0 Å². The number of hydrogen-bond donors (Lipinski definition) is 5. The van der Waals surface area contributed by atoms with E-state index in [1.54, 1.807) is 60.1 Å². The molecular formula is C77H93N21O4S. The second-order valence-corrected chi connectivity index (χ2v) is 29.4. The van der Waals surface area contributed by atoms with Gasteiger partial charge in [-0.1, -0.05) is 77.0 Å². The zero-order valence-electron chi connectivity index (χ0n) is 59.3. The summed E-state index contributed by atoms with van der Waals surface area (Å²) in [5.74, 6) is 2.59. The Balaban J connectivity index is 0.000000122. The van der Waals surface area contributed by atoms with E-state index in [2.05, 4.69) is 107 Å². The maximum Gasteiger partial charge on any atom is 0.237 e. The molecule has 5 N–H and O–H groups in total. The molecule has 26 heteroatoms. The van der Waals surface area contributed by atoms with Gasteiger partial charge < -0.3 is 40.4 Å². The summed E-state index contributed by atoms with van der Waals surface area (Å²) >= 11 is 0. The van der Waals surface area contributed by atoms with Gasteiger partial charge in [-0.05, 0) is 138 Å². The van der Waals surface area contributed by atoms with E-state index in [-0.39, 0.29) is 12.5 Å². The van der Waals surface area contributed by atoms with Gasteiger partial charge in [0.2, 0.25) is 39.7 Å². The van der Waals surface area contributed by atoms with Crippen molar-refractivity contribution in [2.75, 3.05) is 54.8 Å². The number of carbonyl (C=O) groups is 1. The van der Waals surface area contributed by atoms with Crippen molar-refractivity contribution in [3.8, 4) is 45.0 Å². The molecule has 0 aromatic carbocycles. The van der Waals surface area contributed by atoms with Gasteiger partial charge in [-0.2, -0.15) is 0 Å². The molecule has 0 radical (unpaired) electrons. The van der Waals surface area contributed by atoms with Crippen LogP contribution in [0.4, 0.5) is 23.8 Å². The Kier molecular flexibility index (Phi) is 23.3. The number of fused-ring (bicyclic) bond motifs is 4. The molecule has 12 heterocycles. The minimum Gasteiger partial charge on any atom is -0.395 e. The monoisotopic (exact) mass is 1410 g/mol. The van der Waals surface area contributed by atoms with E-state index in [1.165, 1.54) is 133 Å². The van der Waals surface area contributed by atoms with Crippen molar-refractivity contribution >= 4 is 83.9 Å². The maximum absolute atomic E-state index is 12.1. The highest BCUT2D eigenvalue weighted by Crippen LogP contribution is 2.35. The fraction of sp³-hybridized carbons (Fsp3) is 0.416. The third kappa shape index (κ3) is 17.8. The second kappa shape index (κ2) is 33.7. The molecule has 16 rings (SSSR count). The zero-order chi connectivity index (χ0) is 71.1. The van der Waals surface area contributed by atoms with Gasteiger partial charge in [-0.3, -0.25) is 9.36 Å². The highest BCUT2D eigenvalue weighted by atomic mass is 32.2. The standard InChI is InChI=1S/C21H28N6.C19H21N5O.C19H23N5O.C18H21N5O2S/c1-26(2)13-14-27-15-18(17-9-6-11-22-20(17)27)19-10-12-23-21(25-19)24-16-7-4-3-5-8-16;1-13(25)24-12-16(15-8-5-10-20-18(15)24)17-9-11-21-19(23-17)22-14-6-3-2-4-7-14;25-12-11-24-13-16(15-7-4-9-20-18(15)24)17-8-10-21-19(23-17)22-14-5-2-1-3-6-14;1-26(24,25)23-12-15(14-8-5-10-19-17(14)23)16-9-11-20-18(22-16)21-13-6-3-2-4-7-13/h6,9-12,15-16H,3-5,7-8,13-14H2,1-2H3,(H,23,24,25);5,8-12,14H,2-4,6-7H2,1H3,(H,21,22,23);4,7-10,13-14,25H,1-3,5-6,11-12H2,(H,21,22,23);5,8-13H,2-4,6-7H2,1H3,(H,20,21,22). The summed E-state index contributed by atoms with van der Waals surface area (Å²) in [7, 11) is 0.728. The van der Waals surface area contributed by atoms with Gasteiger partial charge in [0.25, 0.3) is 0 Å². The number of carbonyl (C=O) groups excluding carboxylic acids is 1. The molecule has 4 aliphatic carbocycles. The molecule has 0 unspecified atom stereocenters. The van der Waals surface area contributed by atoms with Gasteiger partial charge in [-0.15, -0.1) is 0 Å². The van der Waals surface area contributed by atoms with Gasteiger partial charge in [0, 0.05) is 169 Å². The Labute approximate surface area is 601 Å². The number of likely N-dealkylation sites (N-methyl/N-ethyl adjacent to an activating group) is 1. The summed E-state index contributed by atoms with van der Waals surface area (Å²) in [5.41, 5.74) is 10.0. The molecule has 4 saturated carbocycles. The lowest BCUT2D eigenvalue weighted by Gasteiger charge is -2.22. The molecule has 4 aliphatic rings. The first-order chi connectivity index (χ1) is 50.3. The fourth-order valence-electron chi connectivity index (χ4n) is 14.4. The third-order valence-electron chi connectivity index (χ3n) is 19.7. The van der Waals surface area contributed by atoms with Crippen molar-refractivity contribution in [3.05, 3.63) is 147 Å². The normalized spacial score (nSPS) is 15.6. The van der Waals surface area contributed by atoms with Crippen LogP contribution in [-0.4, -0.2) is 159 Å². The van der Waals surface area contributed by atoms with Crippen molar-refractivity contribution in [2.45, 2.75) is 173 Å². The molecule has 12 aromatic rings. The van der Waals surface area contributed by atoms with Gasteiger partial charge in [0.05, 0.1) is 35.6 Å². The van der Waals surface area contributed by atoms with E-state index in [1.807, 2.05) is 84.0 Å². The first kappa shape index (κ1) is 71.2. The molecule has 0 bridgehead atoms. The van der Waals surface area contributed by atoms with Crippen LogP contribution in [0.3, 0.4) is 0 Å². The molecule has 0 amide bonds. The van der Waals surface area contributed by atoms with Crippen LogP contribution < -0.4 is 21.3 Å². The molecule has 12 aromatic heterocycles. The second-order valence-electron chi connectivity index (χ2n) is 27.5. The Hall–Kier alpha value is -10.2. The quantitative estimate of drug-likeness (QED) is 0.0533. The molecule has 0 saturated heterocycles. The van der Waals surface area contributed by atoms with Crippen LogP contribution in [0.1, 0.15) is 140 Å². The van der Waals surface area contributed by atoms with E-state index in [0.29, 0.717) is 65.5 Å². The van der Waals surface area contributed by atoms with Crippen LogP contribution >= 0.6 is 0 Å². The molecule has 103 heavy (non-hydrogen) atoms. The zero-order valence-corrected chi connectivity index (χ0v) is 60.1. The largest absolute Gasteiger partial charge is 0.395 e. The third-order valence-corrected chi connectivity index (χ3v) is 20.7. The number of aliphatic hydroxyl groups excluding tert-OH is 1. The van der Waals surface area contributed by atoms with Crippen molar-refractivity contribution in [2.24, 2.45) is 0 Å². The predicted molar refractivity (Wildman–Crippen MR) is 407 cm³/mol.